The van der Waals surface area contributed by atoms with Crippen LogP contribution in [0.4, 0.5) is 0 Å². The van der Waals surface area contributed by atoms with Gasteiger partial charge >= 0.3 is 0 Å². The lowest BCUT2D eigenvalue weighted by molar-refractivity contribution is 0.0783. The average molecular weight is 343 g/mol. The maximum Gasteiger partial charge on any atom is 0.191 e. The molecule has 2 N–H and O–H groups in total. The maximum absolute atomic E-state index is 5.48. The molecule has 7 heteroatoms. The van der Waals surface area contributed by atoms with E-state index >= 15 is 0 Å². The van der Waals surface area contributed by atoms with Gasteiger partial charge in [-0.25, -0.2) is 4.98 Å². The fourth-order valence-corrected chi connectivity index (χ4v) is 4.04. The SMILES string of the molecule is CN=C(NCCc1ncc(C)s1)NCC1(SC)CCOCC1. The van der Waals surface area contributed by atoms with E-state index < -0.39 is 0 Å². The van der Waals surface area contributed by atoms with E-state index in [-0.39, 0.29) is 4.75 Å². The summed E-state index contributed by atoms with van der Waals surface area (Å²) in [5.74, 6) is 0.869. The highest BCUT2D eigenvalue weighted by Gasteiger charge is 2.31. The fourth-order valence-electron chi connectivity index (χ4n) is 2.47. The van der Waals surface area contributed by atoms with Crippen molar-refractivity contribution in [3.05, 3.63) is 16.1 Å². The van der Waals surface area contributed by atoms with E-state index in [1.807, 2.05) is 25.0 Å². The van der Waals surface area contributed by atoms with Gasteiger partial charge in [-0.2, -0.15) is 11.8 Å². The van der Waals surface area contributed by atoms with Gasteiger partial charge in [-0.05, 0) is 26.0 Å². The molecule has 0 bridgehead atoms. The molecule has 2 rings (SSSR count). The minimum absolute atomic E-state index is 0.266. The summed E-state index contributed by atoms with van der Waals surface area (Å²) in [6.45, 7) is 5.58. The third kappa shape index (κ3) is 5.14. The zero-order valence-corrected chi connectivity index (χ0v) is 15.3. The topological polar surface area (TPSA) is 58.5 Å². The van der Waals surface area contributed by atoms with E-state index in [9.17, 15) is 0 Å². The van der Waals surface area contributed by atoms with Crippen LogP contribution in [-0.2, 0) is 11.2 Å². The molecule has 0 spiro atoms. The van der Waals surface area contributed by atoms with Gasteiger partial charge in [0.05, 0.1) is 5.01 Å². The second-order valence-corrected chi connectivity index (χ2v) is 8.06. The van der Waals surface area contributed by atoms with E-state index in [4.69, 9.17) is 4.74 Å². The average Bonchev–Trinajstić information content (AvgIpc) is 2.97. The predicted molar refractivity (Wildman–Crippen MR) is 96.2 cm³/mol. The van der Waals surface area contributed by atoms with Crippen molar-refractivity contribution in [1.29, 1.82) is 0 Å². The molecule has 0 saturated carbocycles. The Morgan fingerprint density at radius 1 is 1.45 bits per heavy atom. The number of aryl methyl sites for hydroxylation is 1. The molecule has 5 nitrogen and oxygen atoms in total. The van der Waals surface area contributed by atoms with E-state index in [1.54, 1.807) is 11.3 Å². The van der Waals surface area contributed by atoms with Gasteiger partial charge in [0.25, 0.3) is 0 Å². The molecule has 0 unspecified atom stereocenters. The van der Waals surface area contributed by atoms with Crippen LogP contribution in [-0.4, -0.2) is 55.3 Å². The Hall–Kier alpha value is -0.790. The number of guanidine groups is 1. The summed E-state index contributed by atoms with van der Waals surface area (Å²) in [5.41, 5.74) is 0. The van der Waals surface area contributed by atoms with Gasteiger partial charge in [0.15, 0.2) is 5.96 Å². The first-order valence-corrected chi connectivity index (χ1v) is 9.70. The summed E-state index contributed by atoms with van der Waals surface area (Å²) in [6, 6.07) is 0. The van der Waals surface area contributed by atoms with Crippen LogP contribution < -0.4 is 10.6 Å². The Kier molecular flexibility index (Phi) is 6.98. The Balaban J connectivity index is 1.74. The van der Waals surface area contributed by atoms with Crippen LogP contribution in [0.5, 0.6) is 0 Å². The van der Waals surface area contributed by atoms with Crippen LogP contribution in [0.25, 0.3) is 0 Å². The summed E-state index contributed by atoms with van der Waals surface area (Å²) in [7, 11) is 1.82. The Labute approximate surface area is 141 Å². The smallest absolute Gasteiger partial charge is 0.191 e. The second kappa shape index (κ2) is 8.74. The predicted octanol–water partition coefficient (Wildman–Crippen LogP) is 2.07. The molecule has 0 amide bonds. The van der Waals surface area contributed by atoms with Gasteiger partial charge in [-0.3, -0.25) is 4.99 Å². The summed E-state index contributed by atoms with van der Waals surface area (Å²) >= 11 is 3.69. The van der Waals surface area contributed by atoms with E-state index in [0.717, 1.165) is 51.5 Å². The van der Waals surface area contributed by atoms with E-state index in [0.29, 0.717) is 0 Å². The number of nitrogens with one attached hydrogen (secondary N) is 2. The molecule has 1 saturated heterocycles. The number of rotatable bonds is 6. The molecule has 2 heterocycles. The number of aliphatic imine (C=N–C) groups is 1. The maximum atomic E-state index is 5.48. The molecule has 1 aromatic heterocycles. The lowest BCUT2D eigenvalue weighted by Crippen LogP contribution is -2.48. The van der Waals surface area contributed by atoms with Crippen LogP contribution in [0.1, 0.15) is 22.7 Å². The van der Waals surface area contributed by atoms with Gasteiger partial charge in [-0.15, -0.1) is 11.3 Å². The van der Waals surface area contributed by atoms with Gasteiger partial charge in [0.1, 0.15) is 0 Å². The molecule has 1 aromatic rings. The summed E-state index contributed by atoms with van der Waals surface area (Å²) < 4.78 is 5.75. The Morgan fingerprint density at radius 3 is 2.82 bits per heavy atom. The van der Waals surface area contributed by atoms with Crippen LogP contribution >= 0.6 is 23.1 Å². The van der Waals surface area contributed by atoms with Crippen LogP contribution in [0, 0.1) is 6.92 Å². The van der Waals surface area contributed by atoms with Crippen molar-refractivity contribution in [2.75, 3.05) is 39.6 Å². The first-order valence-electron chi connectivity index (χ1n) is 7.66. The van der Waals surface area contributed by atoms with Gasteiger partial charge in [-0.1, -0.05) is 0 Å². The lowest BCUT2D eigenvalue weighted by atomic mass is 9.99. The summed E-state index contributed by atoms with van der Waals surface area (Å²) in [5, 5.41) is 8.01. The highest BCUT2D eigenvalue weighted by molar-refractivity contribution is 8.00. The van der Waals surface area contributed by atoms with Crippen LogP contribution in [0.15, 0.2) is 11.2 Å². The van der Waals surface area contributed by atoms with Crippen LogP contribution in [0.2, 0.25) is 0 Å². The van der Waals surface area contributed by atoms with Crippen molar-refractivity contribution < 1.29 is 4.74 Å². The highest BCUT2D eigenvalue weighted by atomic mass is 32.2. The molecule has 22 heavy (non-hydrogen) atoms. The standard InChI is InChI=1S/C15H26N4OS2/c1-12-10-18-13(22-12)4-7-17-14(16-2)19-11-15(21-3)5-8-20-9-6-15/h10H,4-9,11H2,1-3H3,(H2,16,17,19). The first kappa shape index (κ1) is 17.6. The molecule has 0 aliphatic carbocycles. The van der Waals surface area contributed by atoms with E-state index in [2.05, 4.69) is 33.8 Å². The quantitative estimate of drug-likeness (QED) is 0.612. The van der Waals surface area contributed by atoms with Crippen molar-refractivity contribution >= 4 is 29.1 Å². The normalized spacial score (nSPS) is 18.2. The minimum atomic E-state index is 0.266. The monoisotopic (exact) mass is 342 g/mol. The van der Waals surface area contributed by atoms with E-state index in [1.165, 1.54) is 9.88 Å². The van der Waals surface area contributed by atoms with Gasteiger partial charge in [0.2, 0.25) is 0 Å². The van der Waals surface area contributed by atoms with Crippen molar-refractivity contribution in [3.63, 3.8) is 0 Å². The van der Waals surface area contributed by atoms with Gasteiger partial charge in [0, 0.05) is 55.6 Å². The number of nitrogens with zero attached hydrogens (tertiary/aromatic N) is 2. The third-order valence-corrected chi connectivity index (χ3v) is 6.33. The molecule has 1 aliphatic rings. The number of ether oxygens (including phenoxy) is 1. The Bertz CT molecular complexity index is 484. The van der Waals surface area contributed by atoms with Crippen molar-refractivity contribution in [3.8, 4) is 0 Å². The van der Waals surface area contributed by atoms with Crippen molar-refractivity contribution in [2.24, 2.45) is 4.99 Å². The molecule has 1 aliphatic heterocycles. The van der Waals surface area contributed by atoms with Crippen LogP contribution in [0.3, 0.4) is 0 Å². The molecule has 0 atom stereocenters. The molecular formula is C15H26N4OS2. The highest BCUT2D eigenvalue weighted by Crippen LogP contribution is 2.32. The van der Waals surface area contributed by atoms with Crippen molar-refractivity contribution in [2.45, 2.75) is 30.9 Å². The zero-order valence-electron chi connectivity index (χ0n) is 13.6. The zero-order chi connectivity index (χ0) is 15.8. The number of thioether (sulfide) groups is 1. The number of hydrogen-bond acceptors (Lipinski definition) is 5. The molecular weight excluding hydrogens is 316 g/mol. The number of aromatic nitrogens is 1. The summed E-state index contributed by atoms with van der Waals surface area (Å²) in [6.07, 6.45) is 7.24. The lowest BCUT2D eigenvalue weighted by Gasteiger charge is -2.36. The third-order valence-electron chi connectivity index (χ3n) is 3.94. The van der Waals surface area contributed by atoms with Gasteiger partial charge < -0.3 is 15.4 Å². The minimum Gasteiger partial charge on any atom is -0.381 e. The number of thiazole rings is 1. The first-order chi connectivity index (χ1) is 10.7. The second-order valence-electron chi connectivity index (χ2n) is 5.47. The molecule has 1 fully saturated rings. The fraction of sp³-hybridized carbons (Fsp3) is 0.733. The number of hydrogen-bond donors (Lipinski definition) is 2. The largest absolute Gasteiger partial charge is 0.381 e. The Morgan fingerprint density at radius 2 is 2.23 bits per heavy atom. The molecule has 0 radical (unpaired) electrons. The van der Waals surface area contributed by atoms with Crippen molar-refractivity contribution in [1.82, 2.24) is 15.6 Å². The summed E-state index contributed by atoms with van der Waals surface area (Å²) in [4.78, 5) is 9.96. The molecule has 124 valence electrons. The molecule has 0 aromatic carbocycles.